The zero-order chi connectivity index (χ0) is 19.6. The fourth-order valence-electron chi connectivity index (χ4n) is 3.57. The van der Waals surface area contributed by atoms with Crippen LogP contribution in [0.4, 0.5) is 0 Å². The lowest BCUT2D eigenvalue weighted by Crippen LogP contribution is -2.41. The first-order valence-electron chi connectivity index (χ1n) is 10.2. The summed E-state index contributed by atoms with van der Waals surface area (Å²) in [5.74, 6) is 1.48. The summed E-state index contributed by atoms with van der Waals surface area (Å²) in [6.07, 6.45) is 3.70. The van der Waals surface area contributed by atoms with E-state index in [-0.39, 0.29) is 18.6 Å². The summed E-state index contributed by atoms with van der Waals surface area (Å²) >= 11 is 0. The highest BCUT2D eigenvalue weighted by atomic mass is 16.5. The molecular formula is C23H30N2O3. The molecule has 150 valence electrons. The predicted octanol–water partition coefficient (Wildman–Crippen LogP) is 3.81. The van der Waals surface area contributed by atoms with Crippen molar-refractivity contribution in [1.82, 2.24) is 10.2 Å². The zero-order valence-corrected chi connectivity index (χ0v) is 16.6. The Morgan fingerprint density at radius 3 is 2.32 bits per heavy atom. The average molecular weight is 383 g/mol. The number of carbonyl (C=O) groups excluding carboxylic acids is 1. The number of para-hydroxylation sites is 1. The van der Waals surface area contributed by atoms with Crippen molar-refractivity contribution in [2.24, 2.45) is 0 Å². The number of nitrogens with one attached hydrogen (secondary N) is 1. The number of benzene rings is 2. The molecule has 1 aliphatic heterocycles. The van der Waals surface area contributed by atoms with E-state index in [9.17, 15) is 4.79 Å². The van der Waals surface area contributed by atoms with Crippen molar-refractivity contribution < 1.29 is 14.3 Å². The van der Waals surface area contributed by atoms with Crippen molar-refractivity contribution in [3.63, 3.8) is 0 Å². The van der Waals surface area contributed by atoms with Crippen molar-refractivity contribution in [2.45, 2.75) is 32.2 Å². The number of piperidine rings is 1. The van der Waals surface area contributed by atoms with Gasteiger partial charge in [0.15, 0.2) is 6.61 Å². The molecule has 1 atom stereocenters. The Hall–Kier alpha value is -2.53. The van der Waals surface area contributed by atoms with Crippen LogP contribution in [0.3, 0.4) is 0 Å². The van der Waals surface area contributed by atoms with E-state index in [1.807, 2.05) is 49.4 Å². The van der Waals surface area contributed by atoms with Gasteiger partial charge in [-0.3, -0.25) is 9.69 Å². The minimum Gasteiger partial charge on any atom is -0.494 e. The number of hydrogen-bond acceptors (Lipinski definition) is 4. The van der Waals surface area contributed by atoms with E-state index in [0.29, 0.717) is 18.9 Å². The second-order valence-corrected chi connectivity index (χ2v) is 7.02. The van der Waals surface area contributed by atoms with E-state index in [2.05, 4.69) is 22.3 Å². The normalized spacial score (nSPS) is 15.6. The molecule has 1 fully saturated rings. The van der Waals surface area contributed by atoms with E-state index >= 15 is 0 Å². The van der Waals surface area contributed by atoms with Gasteiger partial charge in [0.1, 0.15) is 11.5 Å². The molecule has 1 heterocycles. The molecule has 5 nitrogen and oxygen atoms in total. The molecule has 0 saturated carbocycles. The molecule has 1 amide bonds. The molecule has 0 radical (unpaired) electrons. The third-order valence-electron chi connectivity index (χ3n) is 5.01. The van der Waals surface area contributed by atoms with Gasteiger partial charge in [-0.2, -0.15) is 0 Å². The monoisotopic (exact) mass is 382 g/mol. The summed E-state index contributed by atoms with van der Waals surface area (Å²) in [5, 5.41) is 3.05. The fourth-order valence-corrected chi connectivity index (χ4v) is 3.57. The lowest BCUT2D eigenvalue weighted by Gasteiger charge is -2.35. The summed E-state index contributed by atoms with van der Waals surface area (Å²) in [6.45, 7) is 5.37. The number of ether oxygens (including phenoxy) is 2. The van der Waals surface area contributed by atoms with E-state index in [4.69, 9.17) is 9.47 Å². The maximum atomic E-state index is 12.3. The molecule has 0 bridgehead atoms. The molecule has 1 aliphatic rings. The Morgan fingerprint density at radius 2 is 1.64 bits per heavy atom. The van der Waals surface area contributed by atoms with Crippen LogP contribution in [0.15, 0.2) is 54.6 Å². The maximum Gasteiger partial charge on any atom is 0.258 e. The lowest BCUT2D eigenvalue weighted by molar-refractivity contribution is -0.123. The molecule has 2 aromatic rings. The van der Waals surface area contributed by atoms with Crippen molar-refractivity contribution in [3.8, 4) is 11.5 Å². The Balaban J connectivity index is 1.59. The zero-order valence-electron chi connectivity index (χ0n) is 16.6. The van der Waals surface area contributed by atoms with Crippen LogP contribution in [-0.2, 0) is 4.79 Å². The molecule has 5 heteroatoms. The number of likely N-dealkylation sites (tertiary alicyclic amines) is 1. The van der Waals surface area contributed by atoms with Gasteiger partial charge in [0.2, 0.25) is 0 Å². The van der Waals surface area contributed by atoms with Crippen LogP contribution in [0, 0.1) is 0 Å². The number of amides is 1. The van der Waals surface area contributed by atoms with Gasteiger partial charge in [-0.15, -0.1) is 0 Å². The van der Waals surface area contributed by atoms with Gasteiger partial charge >= 0.3 is 0 Å². The standard InChI is InChI=1S/C23H30N2O3/c1-2-27-21-13-11-19(12-14-21)22(25-15-7-4-8-16-25)17-24-23(26)18-28-20-9-5-3-6-10-20/h3,5-6,9-14,22H,2,4,7-8,15-18H2,1H3,(H,24,26). The van der Waals surface area contributed by atoms with Gasteiger partial charge in [-0.25, -0.2) is 0 Å². The first-order chi connectivity index (χ1) is 13.8. The quantitative estimate of drug-likeness (QED) is 0.717. The minimum atomic E-state index is -0.100. The molecule has 1 saturated heterocycles. The molecular weight excluding hydrogens is 352 g/mol. The highest BCUT2D eigenvalue weighted by Crippen LogP contribution is 2.26. The number of carbonyl (C=O) groups is 1. The molecule has 1 N–H and O–H groups in total. The van der Waals surface area contributed by atoms with Crippen molar-refractivity contribution in [2.75, 3.05) is 32.8 Å². The molecule has 3 rings (SSSR count). The lowest BCUT2D eigenvalue weighted by atomic mass is 10.0. The van der Waals surface area contributed by atoms with Crippen LogP contribution in [0.25, 0.3) is 0 Å². The summed E-state index contributed by atoms with van der Waals surface area (Å²) in [5.41, 5.74) is 1.20. The van der Waals surface area contributed by atoms with E-state index in [0.717, 1.165) is 18.8 Å². The smallest absolute Gasteiger partial charge is 0.258 e. The summed E-state index contributed by atoms with van der Waals surface area (Å²) in [6, 6.07) is 17.8. The van der Waals surface area contributed by atoms with Crippen molar-refractivity contribution in [1.29, 1.82) is 0 Å². The number of hydrogen-bond donors (Lipinski definition) is 1. The topological polar surface area (TPSA) is 50.8 Å². The van der Waals surface area contributed by atoms with E-state index in [1.54, 1.807) is 0 Å². The van der Waals surface area contributed by atoms with Crippen LogP contribution < -0.4 is 14.8 Å². The second-order valence-electron chi connectivity index (χ2n) is 7.02. The van der Waals surface area contributed by atoms with Gasteiger partial charge in [0.05, 0.1) is 12.6 Å². The summed E-state index contributed by atoms with van der Waals surface area (Å²) in [7, 11) is 0. The van der Waals surface area contributed by atoms with Gasteiger partial charge < -0.3 is 14.8 Å². The highest BCUT2D eigenvalue weighted by molar-refractivity contribution is 5.77. The van der Waals surface area contributed by atoms with Crippen LogP contribution in [0.2, 0.25) is 0 Å². The third kappa shape index (κ3) is 5.99. The van der Waals surface area contributed by atoms with Gasteiger partial charge in [-0.1, -0.05) is 36.8 Å². The fraction of sp³-hybridized carbons (Fsp3) is 0.435. The molecule has 0 aromatic heterocycles. The highest BCUT2D eigenvalue weighted by Gasteiger charge is 2.23. The predicted molar refractivity (Wildman–Crippen MR) is 111 cm³/mol. The van der Waals surface area contributed by atoms with Crippen molar-refractivity contribution in [3.05, 3.63) is 60.2 Å². The Bertz CT molecular complexity index is 712. The molecule has 2 aromatic carbocycles. The second kappa shape index (κ2) is 10.7. The first kappa shape index (κ1) is 20.2. The average Bonchev–Trinajstić information content (AvgIpc) is 2.75. The Labute approximate surface area is 167 Å². The van der Waals surface area contributed by atoms with E-state index < -0.39 is 0 Å². The molecule has 0 spiro atoms. The minimum absolute atomic E-state index is 0.0278. The Kier molecular flexibility index (Phi) is 7.73. The van der Waals surface area contributed by atoms with Gasteiger partial charge in [0, 0.05) is 6.54 Å². The van der Waals surface area contributed by atoms with Gasteiger partial charge in [-0.05, 0) is 62.7 Å². The molecule has 0 aliphatic carbocycles. The van der Waals surface area contributed by atoms with Crippen LogP contribution in [0.5, 0.6) is 11.5 Å². The Morgan fingerprint density at radius 1 is 0.964 bits per heavy atom. The van der Waals surface area contributed by atoms with Gasteiger partial charge in [0.25, 0.3) is 5.91 Å². The number of rotatable bonds is 9. The van der Waals surface area contributed by atoms with Crippen LogP contribution >= 0.6 is 0 Å². The first-order valence-corrected chi connectivity index (χ1v) is 10.2. The van der Waals surface area contributed by atoms with E-state index in [1.165, 1.54) is 24.8 Å². The van der Waals surface area contributed by atoms with Crippen molar-refractivity contribution >= 4 is 5.91 Å². The molecule has 1 unspecified atom stereocenters. The number of nitrogens with zero attached hydrogens (tertiary/aromatic N) is 1. The molecule has 28 heavy (non-hydrogen) atoms. The maximum absolute atomic E-state index is 12.3. The summed E-state index contributed by atoms with van der Waals surface area (Å²) in [4.78, 5) is 14.8. The third-order valence-corrected chi connectivity index (χ3v) is 5.01. The largest absolute Gasteiger partial charge is 0.494 e. The van der Waals surface area contributed by atoms with Crippen LogP contribution in [-0.4, -0.2) is 43.7 Å². The van der Waals surface area contributed by atoms with Crippen LogP contribution in [0.1, 0.15) is 37.8 Å². The SMILES string of the molecule is CCOc1ccc(C(CNC(=O)COc2ccccc2)N2CCCCC2)cc1. The summed E-state index contributed by atoms with van der Waals surface area (Å²) < 4.78 is 11.1.